The van der Waals surface area contributed by atoms with Gasteiger partial charge in [0.15, 0.2) is 0 Å². The molecule has 10 heterocycles. The van der Waals surface area contributed by atoms with Crippen molar-refractivity contribution >= 4 is 16.7 Å². The fourth-order valence-corrected chi connectivity index (χ4v) is 121. The molecular weight excluding hydrogens is 457 g/mol. The zero-order chi connectivity index (χ0) is 15.5. The zero-order valence-corrected chi connectivity index (χ0v) is 17.1. The van der Waals surface area contributed by atoms with Crippen molar-refractivity contribution in [2.75, 3.05) is 0 Å². The maximum absolute atomic E-state index is 2.91. The Morgan fingerprint density at radius 2 is 1.08 bits per heavy atom. The summed E-state index contributed by atoms with van der Waals surface area (Å²) in [5.74, 6) is 0. The molecule has 10 aliphatic heterocycles. The van der Waals surface area contributed by atoms with E-state index in [-0.39, 0.29) is 6.11 Å². The van der Waals surface area contributed by atoms with E-state index >= 15 is 0 Å². The zero-order valence-electron chi connectivity index (χ0n) is 13.6. The second-order valence-electron chi connectivity index (χ2n) is 12.5. The Kier molecular flexibility index (Phi) is 0.593. The third-order valence-electron chi connectivity index (χ3n) is 16.5. The maximum atomic E-state index is 2.46. The topological polar surface area (TPSA) is 0 Å². The van der Waals surface area contributed by atoms with Crippen LogP contribution in [0.1, 0.15) is 0 Å². The summed E-state index contributed by atoms with van der Waals surface area (Å²) < 4.78 is 1.10. The number of fused-ring (bicyclic) bond motifs is 10. The molecule has 0 amide bonds. The Morgan fingerprint density at radius 1 is 0.640 bits per heavy atom. The van der Waals surface area contributed by atoms with Crippen molar-refractivity contribution in [3.8, 4) is 0 Å². The van der Waals surface area contributed by atoms with Crippen molar-refractivity contribution in [3.63, 3.8) is 0 Å². The normalized spacial score (nSPS) is 84.9. The van der Waals surface area contributed by atoms with Gasteiger partial charge in [-0.1, -0.05) is 0 Å². The molecule has 1 spiro atoms. The van der Waals surface area contributed by atoms with Crippen LogP contribution in [0.4, 0.5) is 0 Å². The van der Waals surface area contributed by atoms with Crippen LogP contribution in [0, 0.1) is 0 Å². The van der Waals surface area contributed by atoms with Crippen molar-refractivity contribution in [3.05, 3.63) is 60.7 Å². The van der Waals surface area contributed by atoms with E-state index in [9.17, 15) is 0 Å². The van der Waals surface area contributed by atoms with E-state index in [0.29, 0.717) is 0 Å². The van der Waals surface area contributed by atoms with Gasteiger partial charge in [0.2, 0.25) is 0 Å². The van der Waals surface area contributed by atoms with Gasteiger partial charge in [0.1, 0.15) is 0 Å². The van der Waals surface area contributed by atoms with Crippen LogP contribution in [-0.4, -0.2) is 0 Å². The summed E-state index contributed by atoms with van der Waals surface area (Å²) in [6, 6.07) is 23.4. The quantitative estimate of drug-likeness (QED) is 0.385. The van der Waals surface area contributed by atoms with E-state index in [2.05, 4.69) is 60.7 Å². The summed E-state index contributed by atoms with van der Waals surface area (Å²) in [6.45, 7) is -2.91. The second kappa shape index (κ2) is 1.33. The molecule has 4 unspecified atom stereocenters. The van der Waals surface area contributed by atoms with E-state index in [4.69, 9.17) is 0 Å². The van der Waals surface area contributed by atoms with E-state index in [0.717, 1.165) is 20.3 Å². The minimum atomic E-state index is -2.91. The summed E-state index contributed by atoms with van der Waals surface area (Å²) in [5, 5.41) is 3.38. The van der Waals surface area contributed by atoms with Gasteiger partial charge in [0.25, 0.3) is 0 Å². The molecule has 10 fully saturated rings. The van der Waals surface area contributed by atoms with Gasteiger partial charge in [-0.05, 0) is 0 Å². The monoisotopic (exact) mass is 476 g/mol. The van der Waals surface area contributed by atoms with Crippen molar-refractivity contribution in [2.24, 2.45) is 0 Å². The first kappa shape index (κ1) is 11.2. The molecule has 10 saturated heterocycles. The molecule has 10 aliphatic rings. The van der Waals surface area contributed by atoms with E-state index in [1.54, 1.807) is 10.6 Å². The summed E-state index contributed by atoms with van der Waals surface area (Å²) >= 11 is 1.05. The molecule has 0 radical (unpaired) electrons. The van der Waals surface area contributed by atoms with E-state index in [1.807, 2.05) is 0 Å². The summed E-state index contributed by atoms with van der Waals surface area (Å²) in [4.78, 5) is 13.3. The Bertz CT molecular complexity index is 1330. The number of rotatable bonds is 4. The van der Waals surface area contributed by atoms with Crippen molar-refractivity contribution in [1.29, 1.82) is 0 Å². The van der Waals surface area contributed by atoms with Gasteiger partial charge in [0.05, 0.1) is 0 Å². The summed E-state index contributed by atoms with van der Waals surface area (Å²) in [6.07, 6.45) is -0.0719. The van der Waals surface area contributed by atoms with Gasteiger partial charge in [-0.3, -0.25) is 0 Å². The second-order valence-corrected chi connectivity index (χ2v) is 42.8. The molecule has 0 saturated carbocycles. The third-order valence-corrected chi connectivity index (χ3v) is 73.8. The molecule has 12 rings (SSSR count). The number of benzene rings is 2. The molecule has 0 bridgehead atoms. The first-order chi connectivity index (χ1) is 12.1. The van der Waals surface area contributed by atoms with Crippen molar-refractivity contribution in [2.45, 2.75) is 46.1 Å². The molecule has 0 aromatic heterocycles. The molecular formula is C22H19FePPd. The average molecular weight is 477 g/mol. The Hall–Kier alpha value is 0.0518. The van der Waals surface area contributed by atoms with Crippen LogP contribution in [0.2, 0.25) is 46.1 Å². The van der Waals surface area contributed by atoms with Gasteiger partial charge in [0, 0.05) is 0 Å². The third kappa shape index (κ3) is 0.200. The van der Waals surface area contributed by atoms with Crippen molar-refractivity contribution in [1.82, 2.24) is 0 Å². The fourth-order valence-electron chi connectivity index (χ4n) is 17.4. The first-order valence-electron chi connectivity index (χ1n) is 9.83. The number of hydrogen-bond donors (Lipinski definition) is 0. The fraction of sp³-hybridized carbons (Fsp3) is 0.455. The van der Waals surface area contributed by atoms with Gasteiger partial charge >= 0.3 is 148 Å². The van der Waals surface area contributed by atoms with Crippen LogP contribution in [0.25, 0.3) is 0 Å². The standard InChI is InChI=1S/C12H10P.C5H5.C5H4.Fe.Pd/c1-3-7-11(8-4-1)13-12-9-5-2-6-10-12;2*1-2-4-5-3-1;;/h1-10H;1-5H;1-4H;;/q-1;;;;+1. The van der Waals surface area contributed by atoms with Crippen LogP contribution in [0.5, 0.6) is 0 Å². The predicted octanol–water partition coefficient (Wildman–Crippen LogP) is 5.83. The van der Waals surface area contributed by atoms with Crippen LogP contribution in [0.3, 0.4) is 0 Å². The van der Waals surface area contributed by atoms with Gasteiger partial charge in [-0.15, -0.1) is 0 Å². The average Bonchev–Trinajstić information content (AvgIpc) is 3.61. The first-order valence-corrected chi connectivity index (χ1v) is 20.2. The Morgan fingerprint density at radius 3 is 1.40 bits per heavy atom. The van der Waals surface area contributed by atoms with Gasteiger partial charge in [-0.2, -0.15) is 0 Å². The van der Waals surface area contributed by atoms with Crippen LogP contribution >= 0.6 is 6.11 Å². The molecule has 2 aromatic carbocycles. The molecule has 2 aromatic rings. The molecule has 0 aliphatic carbocycles. The number of hydrogen-bond acceptors (Lipinski definition) is 0. The molecule has 3 heteroatoms. The predicted molar refractivity (Wildman–Crippen MR) is 95.5 cm³/mol. The molecule has 130 valence electrons. The Labute approximate surface area is 146 Å². The molecule has 4 atom stereocenters. The van der Waals surface area contributed by atoms with Gasteiger partial charge < -0.3 is 0 Å². The Balaban J connectivity index is 1.16. The van der Waals surface area contributed by atoms with Crippen molar-refractivity contribution < 1.29 is 24.0 Å². The molecule has 0 N–H and O–H groups in total. The van der Waals surface area contributed by atoms with Crippen LogP contribution in [-0.2, 0) is 24.0 Å². The van der Waals surface area contributed by atoms with E-state index in [1.165, 1.54) is 43.3 Å². The van der Waals surface area contributed by atoms with E-state index < -0.39 is 6.51 Å². The van der Waals surface area contributed by atoms with Gasteiger partial charge in [-0.25, -0.2) is 0 Å². The summed E-state index contributed by atoms with van der Waals surface area (Å²) in [7, 11) is 0. The minimum absolute atomic E-state index is 0.0719. The summed E-state index contributed by atoms with van der Waals surface area (Å²) in [5.41, 5.74) is 0. The van der Waals surface area contributed by atoms with Crippen LogP contribution < -0.4 is 10.6 Å². The molecule has 25 heavy (non-hydrogen) atoms. The SMILES string of the molecule is c1ccc([P]([Pd][C]23[CH]4[CH]5[CH]6[CH]2[Fe]56432789[CH]3[CH]2[CH]7[CH]8[CH]39)c2ccccc2)cc1. The van der Waals surface area contributed by atoms with Crippen LogP contribution in [0.15, 0.2) is 60.7 Å². The molecule has 0 nitrogen and oxygen atoms in total.